The summed E-state index contributed by atoms with van der Waals surface area (Å²) in [5.74, 6) is 0.733. The summed E-state index contributed by atoms with van der Waals surface area (Å²) in [6, 6.07) is 5.24. The Hall–Kier alpha value is -2.82. The van der Waals surface area contributed by atoms with Crippen LogP contribution in [0.25, 0.3) is 0 Å². The van der Waals surface area contributed by atoms with Crippen molar-refractivity contribution in [2.75, 3.05) is 13.1 Å². The molecule has 1 amide bonds. The van der Waals surface area contributed by atoms with E-state index in [1.54, 1.807) is 6.07 Å². The lowest BCUT2D eigenvalue weighted by Crippen LogP contribution is -2.42. The highest BCUT2D eigenvalue weighted by Gasteiger charge is 2.28. The average molecular weight is 508 g/mol. The van der Waals surface area contributed by atoms with Gasteiger partial charge in [0.2, 0.25) is 5.91 Å². The van der Waals surface area contributed by atoms with E-state index in [9.17, 15) is 4.79 Å². The summed E-state index contributed by atoms with van der Waals surface area (Å²) in [7, 11) is 0. The lowest BCUT2D eigenvalue weighted by molar-refractivity contribution is -0.121. The highest BCUT2D eigenvalue weighted by Crippen LogP contribution is 2.33. The molecule has 1 N–H and O–H groups in total. The molecule has 4 nitrogen and oxygen atoms in total. The molecule has 182 valence electrons. The molecule has 2 aliphatic carbocycles. The van der Waals surface area contributed by atoms with Gasteiger partial charge in [-0.3, -0.25) is 9.79 Å². The van der Waals surface area contributed by atoms with E-state index in [0.717, 1.165) is 37.1 Å². The summed E-state index contributed by atoms with van der Waals surface area (Å²) < 4.78 is 0. The van der Waals surface area contributed by atoms with Gasteiger partial charge in [-0.05, 0) is 73.1 Å². The summed E-state index contributed by atoms with van der Waals surface area (Å²) in [5, 5.41) is 4.36. The molecule has 4 rings (SSSR count). The van der Waals surface area contributed by atoms with Crippen molar-refractivity contribution in [3.8, 4) is 0 Å². The number of nitrogens with one attached hydrogen (secondary N) is 1. The lowest BCUT2D eigenvalue weighted by Gasteiger charge is -2.23. The molecule has 1 aromatic carbocycles. The summed E-state index contributed by atoms with van der Waals surface area (Å²) >= 11 is 12.5. The summed E-state index contributed by atoms with van der Waals surface area (Å²) in [6.45, 7) is 6.61. The molecular weight excluding hydrogens is 477 g/mol. The van der Waals surface area contributed by atoms with Crippen molar-refractivity contribution in [1.29, 1.82) is 0 Å². The number of rotatable bonds is 8. The Bertz CT molecular complexity index is 1170. The van der Waals surface area contributed by atoms with Gasteiger partial charge in [0.15, 0.2) is 0 Å². The van der Waals surface area contributed by atoms with Gasteiger partial charge in [-0.2, -0.15) is 0 Å². The fourth-order valence-electron chi connectivity index (χ4n) is 4.60. The Morgan fingerprint density at radius 3 is 2.97 bits per heavy atom. The topological polar surface area (TPSA) is 44.7 Å². The Labute approximate surface area is 218 Å². The Morgan fingerprint density at radius 1 is 1.31 bits per heavy atom. The SMILES string of the molecule is C=CC/C=C/C1=NC(c2ccc(Cl)cc2Cl)CN1CC(=O)NC(C)C1=CC=CC2=C(C=CCC2)C1. The van der Waals surface area contributed by atoms with E-state index >= 15 is 0 Å². The molecule has 2 atom stereocenters. The largest absolute Gasteiger partial charge is 0.348 e. The van der Waals surface area contributed by atoms with Gasteiger partial charge in [0.05, 0.1) is 12.6 Å². The fraction of sp³-hybridized carbons (Fsp3) is 0.310. The molecule has 0 saturated heterocycles. The van der Waals surface area contributed by atoms with Crippen molar-refractivity contribution in [3.63, 3.8) is 0 Å². The number of carbonyl (C=O) groups is 1. The number of nitrogens with zero attached hydrogens (tertiary/aromatic N) is 2. The summed E-state index contributed by atoms with van der Waals surface area (Å²) in [4.78, 5) is 20.0. The first kappa shape index (κ1) is 25.3. The average Bonchev–Trinajstić information content (AvgIpc) is 3.07. The first-order chi connectivity index (χ1) is 16.9. The van der Waals surface area contributed by atoms with Crippen LogP contribution in [0, 0.1) is 0 Å². The van der Waals surface area contributed by atoms with Gasteiger partial charge in [-0.15, -0.1) is 6.58 Å². The van der Waals surface area contributed by atoms with E-state index in [0.29, 0.717) is 16.6 Å². The van der Waals surface area contributed by atoms with Crippen LogP contribution >= 0.6 is 23.2 Å². The number of halogens is 2. The molecule has 0 radical (unpaired) electrons. The van der Waals surface area contributed by atoms with Crippen LogP contribution in [0.5, 0.6) is 0 Å². The van der Waals surface area contributed by atoms with Crippen LogP contribution in [0.15, 0.2) is 95.1 Å². The second-order valence-electron chi connectivity index (χ2n) is 9.03. The second-order valence-corrected chi connectivity index (χ2v) is 9.88. The van der Waals surface area contributed by atoms with E-state index in [2.05, 4.69) is 49.2 Å². The first-order valence-corrected chi connectivity index (χ1v) is 12.8. The number of amidine groups is 1. The van der Waals surface area contributed by atoms with Gasteiger partial charge in [0.25, 0.3) is 0 Å². The zero-order valence-electron chi connectivity index (χ0n) is 20.0. The maximum Gasteiger partial charge on any atom is 0.240 e. The normalized spacial score (nSPS) is 20.4. The van der Waals surface area contributed by atoms with Gasteiger partial charge in [-0.1, -0.05) is 71.8 Å². The molecule has 3 aliphatic rings. The molecule has 35 heavy (non-hydrogen) atoms. The number of carbonyl (C=O) groups excluding carboxylic acids is 1. The molecule has 0 bridgehead atoms. The minimum absolute atomic E-state index is 0.0345. The van der Waals surface area contributed by atoms with Gasteiger partial charge >= 0.3 is 0 Å². The fourth-order valence-corrected chi connectivity index (χ4v) is 5.13. The molecule has 0 fully saturated rings. The predicted molar refractivity (Wildman–Crippen MR) is 147 cm³/mol. The van der Waals surface area contributed by atoms with E-state index in [1.165, 1.54) is 16.7 Å². The smallest absolute Gasteiger partial charge is 0.240 e. The third-order valence-electron chi connectivity index (χ3n) is 6.48. The highest BCUT2D eigenvalue weighted by atomic mass is 35.5. The summed E-state index contributed by atoms with van der Waals surface area (Å²) in [6.07, 6.45) is 20.4. The maximum absolute atomic E-state index is 13.1. The zero-order valence-corrected chi connectivity index (χ0v) is 21.5. The molecule has 0 saturated carbocycles. The van der Waals surface area contributed by atoms with E-state index < -0.39 is 0 Å². The number of aliphatic imine (C=N–C) groups is 1. The second kappa shape index (κ2) is 11.7. The minimum atomic E-state index is -0.161. The standard InChI is InChI=1S/C29H31Cl2N3O/c1-3-4-5-13-28-33-27(25-15-14-24(30)17-26(25)31)18-34(28)19-29(35)32-20(2)22-12-8-11-21-9-6-7-10-23(21)16-22/h3,5,7-8,10-15,17,20,27H,1,4,6,9,16,18-19H2,2H3,(H,32,35)/b13-5+. The Morgan fingerprint density at radius 2 is 2.17 bits per heavy atom. The minimum Gasteiger partial charge on any atom is -0.348 e. The Balaban J connectivity index is 1.43. The van der Waals surface area contributed by atoms with Crippen LogP contribution in [-0.4, -0.2) is 35.8 Å². The number of benzene rings is 1. The molecule has 1 heterocycles. The van der Waals surface area contributed by atoms with Crippen molar-refractivity contribution in [2.24, 2.45) is 4.99 Å². The van der Waals surface area contributed by atoms with Gasteiger partial charge in [0, 0.05) is 22.6 Å². The lowest BCUT2D eigenvalue weighted by atomic mass is 9.92. The molecule has 0 aromatic heterocycles. The van der Waals surface area contributed by atoms with Crippen LogP contribution in [0.3, 0.4) is 0 Å². The molecule has 1 aromatic rings. The predicted octanol–water partition coefficient (Wildman–Crippen LogP) is 6.92. The van der Waals surface area contributed by atoms with E-state index in [4.69, 9.17) is 28.2 Å². The van der Waals surface area contributed by atoms with Crippen LogP contribution in [0.4, 0.5) is 0 Å². The van der Waals surface area contributed by atoms with Crippen LogP contribution < -0.4 is 5.32 Å². The van der Waals surface area contributed by atoms with Crippen molar-refractivity contribution in [3.05, 3.63) is 106 Å². The van der Waals surface area contributed by atoms with Crippen LogP contribution in [0.1, 0.15) is 44.2 Å². The third kappa shape index (κ3) is 6.45. The van der Waals surface area contributed by atoms with E-state index in [1.807, 2.05) is 35.3 Å². The molecule has 1 aliphatic heterocycles. The highest BCUT2D eigenvalue weighted by molar-refractivity contribution is 6.35. The van der Waals surface area contributed by atoms with Gasteiger partial charge in [0.1, 0.15) is 5.84 Å². The van der Waals surface area contributed by atoms with Crippen LogP contribution in [0.2, 0.25) is 10.0 Å². The number of amides is 1. The van der Waals surface area contributed by atoms with E-state index in [-0.39, 0.29) is 24.5 Å². The number of hydrogen-bond acceptors (Lipinski definition) is 3. The van der Waals surface area contributed by atoms with Gasteiger partial charge in [-0.25, -0.2) is 0 Å². The monoisotopic (exact) mass is 507 g/mol. The van der Waals surface area contributed by atoms with Gasteiger partial charge < -0.3 is 10.2 Å². The number of hydrogen-bond donors (Lipinski definition) is 1. The van der Waals surface area contributed by atoms with Crippen molar-refractivity contribution in [1.82, 2.24) is 10.2 Å². The number of allylic oxidation sites excluding steroid dienone is 9. The summed E-state index contributed by atoms with van der Waals surface area (Å²) in [5.41, 5.74) is 4.86. The quantitative estimate of drug-likeness (QED) is 0.388. The maximum atomic E-state index is 13.1. The first-order valence-electron chi connectivity index (χ1n) is 12.0. The van der Waals surface area contributed by atoms with Crippen molar-refractivity contribution < 1.29 is 4.79 Å². The molecule has 6 heteroatoms. The molecular formula is C29H31Cl2N3O. The molecule has 0 spiro atoms. The van der Waals surface area contributed by atoms with Crippen molar-refractivity contribution >= 4 is 34.9 Å². The Kier molecular flexibility index (Phi) is 8.48. The van der Waals surface area contributed by atoms with Crippen molar-refractivity contribution in [2.45, 2.75) is 44.7 Å². The van der Waals surface area contributed by atoms with Crippen LogP contribution in [-0.2, 0) is 4.79 Å². The third-order valence-corrected chi connectivity index (χ3v) is 7.04. The zero-order chi connectivity index (χ0) is 24.8. The molecule has 2 unspecified atom stereocenters.